The Hall–Kier alpha value is -0.290. The lowest BCUT2D eigenvalue weighted by molar-refractivity contribution is 0.294. The number of hydrogen-bond acceptors (Lipinski definition) is 3. The summed E-state index contributed by atoms with van der Waals surface area (Å²) in [5.74, 6) is 2.88. The molecule has 3 nitrogen and oxygen atoms in total. The fraction of sp³-hybridized carbons (Fsp3) is 0.600. The van der Waals surface area contributed by atoms with Gasteiger partial charge >= 0.3 is 0 Å². The molecular weight excluding hydrogens is 340 g/mol. The second-order valence-corrected chi connectivity index (χ2v) is 6.94. The molecule has 20 heavy (non-hydrogen) atoms. The number of benzene rings is 1. The van der Waals surface area contributed by atoms with Crippen LogP contribution in [-0.4, -0.2) is 37.7 Å². The third-order valence-corrected chi connectivity index (χ3v) is 5.14. The number of ether oxygens (including phenoxy) is 1. The molecule has 110 valence electrons. The van der Waals surface area contributed by atoms with Crippen LogP contribution >= 0.6 is 28.3 Å². The average molecular weight is 360 g/mol. The Morgan fingerprint density at radius 3 is 2.75 bits per heavy atom. The Morgan fingerprint density at radius 1 is 1.25 bits per heavy atom. The quantitative estimate of drug-likeness (QED) is 0.878. The van der Waals surface area contributed by atoms with Gasteiger partial charge < -0.3 is 10.1 Å². The maximum Gasteiger partial charge on any atom is 0.127 e. The van der Waals surface area contributed by atoms with Crippen LogP contribution in [0.1, 0.15) is 11.1 Å². The highest BCUT2D eigenvalue weighted by atomic mass is 79.9. The molecule has 0 unspecified atom stereocenters. The molecule has 0 aromatic heterocycles. The molecule has 4 rings (SSSR count). The number of fused-ring (bicyclic) bond motifs is 2. The predicted molar refractivity (Wildman–Crippen MR) is 85.7 cm³/mol. The van der Waals surface area contributed by atoms with Crippen LogP contribution in [0.15, 0.2) is 16.6 Å². The van der Waals surface area contributed by atoms with Crippen LogP contribution in [0, 0.1) is 11.8 Å². The summed E-state index contributed by atoms with van der Waals surface area (Å²) in [7, 11) is 0. The zero-order valence-corrected chi connectivity index (χ0v) is 13.8. The molecule has 0 saturated carbocycles. The van der Waals surface area contributed by atoms with Gasteiger partial charge in [-0.15, -0.1) is 12.4 Å². The van der Waals surface area contributed by atoms with Crippen LogP contribution in [0.2, 0.25) is 0 Å². The SMILES string of the molecule is Brc1cc2c(c(CN3C[C@H]4CNC[C@H]4C3)c1)OCC2.Cl. The van der Waals surface area contributed by atoms with Crippen molar-refractivity contribution < 1.29 is 4.74 Å². The number of rotatable bonds is 2. The molecule has 3 heterocycles. The monoisotopic (exact) mass is 358 g/mol. The minimum atomic E-state index is 0. The van der Waals surface area contributed by atoms with E-state index in [9.17, 15) is 0 Å². The highest BCUT2D eigenvalue weighted by molar-refractivity contribution is 9.10. The first kappa shape index (κ1) is 14.6. The van der Waals surface area contributed by atoms with Crippen molar-refractivity contribution in [2.24, 2.45) is 11.8 Å². The van der Waals surface area contributed by atoms with Crippen molar-refractivity contribution in [1.29, 1.82) is 0 Å². The van der Waals surface area contributed by atoms with Crippen molar-refractivity contribution >= 4 is 28.3 Å². The molecule has 3 aliphatic rings. The first-order valence-electron chi connectivity index (χ1n) is 7.17. The van der Waals surface area contributed by atoms with Crippen LogP contribution < -0.4 is 10.1 Å². The fourth-order valence-electron chi connectivity index (χ4n) is 3.79. The standard InChI is InChI=1S/C15H19BrN2O.ClH/c16-14-3-10-1-2-19-15(10)11(4-14)7-18-8-12-5-17-6-13(12)9-18;/h3-4,12-13,17H,1-2,5-9H2;1H/t12-,13+;. The highest BCUT2D eigenvalue weighted by Crippen LogP contribution is 2.35. The molecule has 0 aliphatic carbocycles. The highest BCUT2D eigenvalue weighted by Gasteiger charge is 2.36. The number of nitrogens with one attached hydrogen (secondary N) is 1. The van der Waals surface area contributed by atoms with E-state index in [1.807, 2.05) is 0 Å². The normalized spacial score (nSPS) is 27.9. The summed E-state index contributed by atoms with van der Waals surface area (Å²) < 4.78 is 7.02. The van der Waals surface area contributed by atoms with E-state index in [0.717, 1.165) is 37.2 Å². The van der Waals surface area contributed by atoms with Gasteiger partial charge in [-0.25, -0.2) is 0 Å². The number of nitrogens with zero attached hydrogens (tertiary/aromatic N) is 1. The van der Waals surface area contributed by atoms with Gasteiger partial charge in [0.15, 0.2) is 0 Å². The molecule has 2 fully saturated rings. The molecule has 0 bridgehead atoms. The van der Waals surface area contributed by atoms with E-state index in [0.29, 0.717) is 0 Å². The van der Waals surface area contributed by atoms with Gasteiger partial charge in [0.25, 0.3) is 0 Å². The second-order valence-electron chi connectivity index (χ2n) is 6.02. The zero-order chi connectivity index (χ0) is 12.8. The summed E-state index contributed by atoms with van der Waals surface area (Å²) in [5.41, 5.74) is 2.72. The Kier molecular flexibility index (Phi) is 4.27. The molecule has 0 amide bonds. The van der Waals surface area contributed by atoms with Crippen LogP contribution in [0.25, 0.3) is 0 Å². The van der Waals surface area contributed by atoms with Crippen molar-refractivity contribution in [2.45, 2.75) is 13.0 Å². The minimum absolute atomic E-state index is 0. The largest absolute Gasteiger partial charge is 0.493 e. The smallest absolute Gasteiger partial charge is 0.127 e. The Morgan fingerprint density at radius 2 is 2.00 bits per heavy atom. The lowest BCUT2D eigenvalue weighted by Crippen LogP contribution is -2.25. The number of halogens is 2. The van der Waals surface area contributed by atoms with E-state index in [2.05, 4.69) is 38.3 Å². The zero-order valence-electron chi connectivity index (χ0n) is 11.4. The van der Waals surface area contributed by atoms with Gasteiger partial charge in [0.2, 0.25) is 0 Å². The molecule has 0 spiro atoms. The Bertz CT molecular complexity index is 499. The topological polar surface area (TPSA) is 24.5 Å². The molecule has 1 aromatic carbocycles. The summed E-state index contributed by atoms with van der Waals surface area (Å²) in [4.78, 5) is 2.60. The third kappa shape index (κ3) is 2.59. The van der Waals surface area contributed by atoms with Crippen LogP contribution in [0.5, 0.6) is 5.75 Å². The lowest BCUT2D eigenvalue weighted by atomic mass is 10.0. The Balaban J connectivity index is 0.00000121. The summed E-state index contributed by atoms with van der Waals surface area (Å²) in [6.45, 7) is 6.75. The van der Waals surface area contributed by atoms with Gasteiger partial charge in [0, 0.05) is 36.1 Å². The van der Waals surface area contributed by atoms with E-state index < -0.39 is 0 Å². The summed E-state index contributed by atoms with van der Waals surface area (Å²) >= 11 is 3.63. The lowest BCUT2D eigenvalue weighted by Gasteiger charge is -2.19. The summed E-state index contributed by atoms with van der Waals surface area (Å²) in [6, 6.07) is 4.44. The van der Waals surface area contributed by atoms with Gasteiger partial charge in [-0.05, 0) is 42.6 Å². The molecule has 5 heteroatoms. The molecule has 2 saturated heterocycles. The summed E-state index contributed by atoms with van der Waals surface area (Å²) in [5, 5.41) is 3.50. The molecule has 2 atom stereocenters. The van der Waals surface area contributed by atoms with Crippen molar-refractivity contribution in [1.82, 2.24) is 10.2 Å². The Labute approximate surface area is 134 Å². The van der Waals surface area contributed by atoms with Crippen LogP contribution in [-0.2, 0) is 13.0 Å². The van der Waals surface area contributed by atoms with Gasteiger partial charge in [-0.3, -0.25) is 4.90 Å². The van der Waals surface area contributed by atoms with E-state index >= 15 is 0 Å². The molecule has 3 aliphatic heterocycles. The van der Waals surface area contributed by atoms with E-state index in [1.54, 1.807) is 0 Å². The van der Waals surface area contributed by atoms with Gasteiger partial charge in [-0.1, -0.05) is 15.9 Å². The first-order chi connectivity index (χ1) is 9.29. The van der Waals surface area contributed by atoms with Crippen LogP contribution in [0.4, 0.5) is 0 Å². The first-order valence-corrected chi connectivity index (χ1v) is 7.96. The van der Waals surface area contributed by atoms with Crippen molar-refractivity contribution in [2.75, 3.05) is 32.8 Å². The van der Waals surface area contributed by atoms with Crippen molar-refractivity contribution in [3.8, 4) is 5.75 Å². The van der Waals surface area contributed by atoms with Gasteiger partial charge in [-0.2, -0.15) is 0 Å². The number of hydrogen-bond donors (Lipinski definition) is 1. The minimum Gasteiger partial charge on any atom is -0.493 e. The summed E-state index contributed by atoms with van der Waals surface area (Å²) in [6.07, 6.45) is 1.05. The van der Waals surface area contributed by atoms with Gasteiger partial charge in [0.1, 0.15) is 5.75 Å². The second kappa shape index (κ2) is 5.84. The fourth-order valence-corrected chi connectivity index (χ4v) is 4.34. The van der Waals surface area contributed by atoms with Crippen molar-refractivity contribution in [3.05, 3.63) is 27.7 Å². The number of likely N-dealkylation sites (tertiary alicyclic amines) is 1. The maximum atomic E-state index is 5.83. The molecule has 0 radical (unpaired) electrons. The van der Waals surface area contributed by atoms with Crippen LogP contribution in [0.3, 0.4) is 0 Å². The third-order valence-electron chi connectivity index (χ3n) is 4.68. The van der Waals surface area contributed by atoms with Crippen molar-refractivity contribution in [3.63, 3.8) is 0 Å². The maximum absolute atomic E-state index is 5.83. The molecule has 1 N–H and O–H groups in total. The average Bonchev–Trinajstić information content (AvgIpc) is 3.02. The molecular formula is C15H20BrClN2O. The van der Waals surface area contributed by atoms with E-state index in [4.69, 9.17) is 4.74 Å². The molecule has 1 aromatic rings. The predicted octanol–water partition coefficient (Wildman–Crippen LogP) is 2.46. The van der Waals surface area contributed by atoms with E-state index in [1.165, 1.54) is 41.8 Å². The van der Waals surface area contributed by atoms with E-state index in [-0.39, 0.29) is 12.4 Å². The van der Waals surface area contributed by atoms with Gasteiger partial charge in [0.05, 0.1) is 6.61 Å².